The Bertz CT molecular complexity index is 572. The number of carbonyl (C=O) groups is 1. The molecule has 5 heteroatoms. The highest BCUT2D eigenvalue weighted by Gasteiger charge is 2.44. The number of ether oxygens (including phenoxy) is 1. The number of hydrogen-bond acceptors (Lipinski definition) is 3. The third kappa shape index (κ3) is 4.11. The van der Waals surface area contributed by atoms with Crippen molar-refractivity contribution in [3.8, 4) is 0 Å². The molecule has 0 spiro atoms. The third-order valence-electron chi connectivity index (χ3n) is 5.20. The van der Waals surface area contributed by atoms with Crippen LogP contribution in [-0.4, -0.2) is 49.7 Å². The van der Waals surface area contributed by atoms with Crippen LogP contribution in [0, 0.1) is 11.8 Å². The van der Waals surface area contributed by atoms with Crippen LogP contribution in [-0.2, 0) is 9.53 Å². The monoisotopic (exact) mass is 350 g/mol. The summed E-state index contributed by atoms with van der Waals surface area (Å²) < 4.78 is 5.44. The quantitative estimate of drug-likeness (QED) is 0.857. The van der Waals surface area contributed by atoms with Gasteiger partial charge in [0.25, 0.3) is 0 Å². The third-order valence-corrected chi connectivity index (χ3v) is 5.55. The van der Waals surface area contributed by atoms with E-state index in [0.717, 1.165) is 43.3 Å². The molecule has 3 unspecified atom stereocenters. The normalized spacial score (nSPS) is 25.5. The maximum absolute atomic E-state index is 12.5. The lowest BCUT2D eigenvalue weighted by molar-refractivity contribution is -0.122. The molecule has 1 N–H and O–H groups in total. The van der Waals surface area contributed by atoms with E-state index in [-0.39, 0.29) is 17.7 Å². The molecule has 0 radical (unpaired) electrons. The molecule has 0 bridgehead atoms. The molecule has 2 fully saturated rings. The summed E-state index contributed by atoms with van der Waals surface area (Å²) in [6.07, 6.45) is 0.902. The molecule has 2 aliphatic rings. The van der Waals surface area contributed by atoms with Crippen LogP contribution in [0.25, 0.3) is 0 Å². The van der Waals surface area contributed by atoms with E-state index in [1.807, 2.05) is 24.3 Å². The standard InChI is InChI=1S/C19H27ClN2O2/c1-13(2)18(22-7-9-24-10-8-22)12-21-19(23)16-11-15(16)14-5-3-4-6-17(14)20/h3-6,13,15-16,18H,7-12H2,1-2H3,(H,21,23). The van der Waals surface area contributed by atoms with Crippen LogP contribution in [0.15, 0.2) is 24.3 Å². The summed E-state index contributed by atoms with van der Waals surface area (Å²) in [7, 11) is 0. The van der Waals surface area contributed by atoms with E-state index in [0.29, 0.717) is 18.5 Å². The van der Waals surface area contributed by atoms with Gasteiger partial charge in [0.05, 0.1) is 13.2 Å². The molecule has 1 aliphatic heterocycles. The van der Waals surface area contributed by atoms with Gasteiger partial charge in [0, 0.05) is 36.6 Å². The van der Waals surface area contributed by atoms with E-state index in [4.69, 9.17) is 16.3 Å². The van der Waals surface area contributed by atoms with Crippen LogP contribution in [0.1, 0.15) is 31.7 Å². The number of rotatable bonds is 6. The molecule has 1 aromatic rings. The smallest absolute Gasteiger partial charge is 0.223 e. The van der Waals surface area contributed by atoms with Crippen molar-refractivity contribution in [1.29, 1.82) is 0 Å². The summed E-state index contributed by atoms with van der Waals surface area (Å²) >= 11 is 6.25. The molecule has 132 valence electrons. The van der Waals surface area contributed by atoms with Crippen molar-refractivity contribution in [2.75, 3.05) is 32.8 Å². The minimum Gasteiger partial charge on any atom is -0.379 e. The van der Waals surface area contributed by atoms with Gasteiger partial charge < -0.3 is 10.1 Å². The topological polar surface area (TPSA) is 41.6 Å². The molecule has 1 aromatic carbocycles. The zero-order valence-electron chi connectivity index (χ0n) is 14.5. The molecule has 1 saturated carbocycles. The minimum atomic E-state index is 0.0717. The Labute approximate surface area is 149 Å². The fourth-order valence-corrected chi connectivity index (χ4v) is 3.91. The van der Waals surface area contributed by atoms with Gasteiger partial charge in [-0.1, -0.05) is 43.6 Å². The highest BCUT2D eigenvalue weighted by atomic mass is 35.5. The highest BCUT2D eigenvalue weighted by molar-refractivity contribution is 6.31. The number of morpholine rings is 1. The Morgan fingerprint density at radius 1 is 1.33 bits per heavy atom. The maximum atomic E-state index is 12.5. The Morgan fingerprint density at radius 2 is 2.04 bits per heavy atom. The van der Waals surface area contributed by atoms with Gasteiger partial charge in [0.15, 0.2) is 0 Å². The molecule has 1 saturated heterocycles. The van der Waals surface area contributed by atoms with Crippen molar-refractivity contribution < 1.29 is 9.53 Å². The van der Waals surface area contributed by atoms with Crippen LogP contribution >= 0.6 is 11.6 Å². The second kappa shape index (κ2) is 7.85. The van der Waals surface area contributed by atoms with E-state index in [1.165, 1.54) is 0 Å². The SMILES string of the molecule is CC(C)C(CNC(=O)C1CC1c1ccccc1Cl)N1CCOCC1. The first-order valence-electron chi connectivity index (χ1n) is 8.92. The van der Waals surface area contributed by atoms with E-state index < -0.39 is 0 Å². The van der Waals surface area contributed by atoms with Gasteiger partial charge in [-0.3, -0.25) is 9.69 Å². The van der Waals surface area contributed by atoms with Gasteiger partial charge in [-0.25, -0.2) is 0 Å². The number of amides is 1. The van der Waals surface area contributed by atoms with Gasteiger partial charge >= 0.3 is 0 Å². The first-order chi connectivity index (χ1) is 11.6. The number of hydrogen-bond donors (Lipinski definition) is 1. The van der Waals surface area contributed by atoms with Crippen molar-refractivity contribution in [3.05, 3.63) is 34.9 Å². The van der Waals surface area contributed by atoms with Gasteiger partial charge in [-0.2, -0.15) is 0 Å². The summed E-state index contributed by atoms with van der Waals surface area (Å²) in [6, 6.07) is 8.22. The molecule has 4 nitrogen and oxygen atoms in total. The minimum absolute atomic E-state index is 0.0717. The van der Waals surface area contributed by atoms with Gasteiger partial charge in [-0.15, -0.1) is 0 Å². The van der Waals surface area contributed by atoms with Crippen molar-refractivity contribution in [2.45, 2.75) is 32.2 Å². The fraction of sp³-hybridized carbons (Fsp3) is 0.632. The first kappa shape index (κ1) is 17.7. The molecular formula is C19H27ClN2O2. The Kier molecular flexibility index (Phi) is 5.80. The predicted octanol–water partition coefficient (Wildman–Crippen LogP) is 2.92. The van der Waals surface area contributed by atoms with E-state index in [2.05, 4.69) is 24.1 Å². The average molecular weight is 351 g/mol. The van der Waals surface area contributed by atoms with E-state index in [1.54, 1.807) is 0 Å². The summed E-state index contributed by atoms with van der Waals surface area (Å²) in [4.78, 5) is 15.0. The number of benzene rings is 1. The summed E-state index contributed by atoms with van der Waals surface area (Å²) in [6.45, 7) is 8.62. The molecule has 0 aromatic heterocycles. The van der Waals surface area contributed by atoms with Crippen molar-refractivity contribution >= 4 is 17.5 Å². The predicted molar refractivity (Wildman–Crippen MR) is 96.3 cm³/mol. The second-order valence-electron chi connectivity index (χ2n) is 7.18. The molecule has 3 rings (SSSR count). The van der Waals surface area contributed by atoms with Crippen LogP contribution in [0.5, 0.6) is 0 Å². The molecule has 1 heterocycles. The van der Waals surface area contributed by atoms with Crippen molar-refractivity contribution in [1.82, 2.24) is 10.2 Å². The highest BCUT2D eigenvalue weighted by Crippen LogP contribution is 2.49. The molecule has 24 heavy (non-hydrogen) atoms. The molecule has 1 amide bonds. The zero-order valence-corrected chi connectivity index (χ0v) is 15.3. The maximum Gasteiger partial charge on any atom is 0.223 e. The number of carbonyl (C=O) groups excluding carboxylic acids is 1. The lowest BCUT2D eigenvalue weighted by Gasteiger charge is -2.37. The lowest BCUT2D eigenvalue weighted by atomic mass is 10.0. The summed E-state index contributed by atoms with van der Waals surface area (Å²) in [5.74, 6) is 1.02. The Hall–Kier alpha value is -1.10. The van der Waals surface area contributed by atoms with Crippen LogP contribution < -0.4 is 5.32 Å². The van der Waals surface area contributed by atoms with Crippen molar-refractivity contribution in [3.63, 3.8) is 0 Å². The lowest BCUT2D eigenvalue weighted by Crippen LogP contribution is -2.51. The van der Waals surface area contributed by atoms with Crippen molar-refractivity contribution in [2.24, 2.45) is 11.8 Å². The van der Waals surface area contributed by atoms with Gasteiger partial charge in [0.1, 0.15) is 0 Å². The zero-order chi connectivity index (χ0) is 17.1. The molecule has 3 atom stereocenters. The van der Waals surface area contributed by atoms with Crippen LogP contribution in [0.4, 0.5) is 0 Å². The number of nitrogens with zero attached hydrogens (tertiary/aromatic N) is 1. The Balaban J connectivity index is 1.52. The summed E-state index contributed by atoms with van der Waals surface area (Å²) in [5.41, 5.74) is 1.10. The Morgan fingerprint density at radius 3 is 2.71 bits per heavy atom. The van der Waals surface area contributed by atoms with Crippen LogP contribution in [0.3, 0.4) is 0 Å². The average Bonchev–Trinajstić information content (AvgIpc) is 3.36. The van der Waals surface area contributed by atoms with Gasteiger partial charge in [0.2, 0.25) is 5.91 Å². The van der Waals surface area contributed by atoms with Crippen LogP contribution in [0.2, 0.25) is 5.02 Å². The number of nitrogens with one attached hydrogen (secondary N) is 1. The fourth-order valence-electron chi connectivity index (χ4n) is 3.64. The first-order valence-corrected chi connectivity index (χ1v) is 9.29. The summed E-state index contributed by atoms with van der Waals surface area (Å²) in [5, 5.41) is 3.95. The second-order valence-corrected chi connectivity index (χ2v) is 7.58. The van der Waals surface area contributed by atoms with E-state index in [9.17, 15) is 4.79 Å². The largest absolute Gasteiger partial charge is 0.379 e. The molecular weight excluding hydrogens is 324 g/mol. The van der Waals surface area contributed by atoms with E-state index >= 15 is 0 Å². The number of halogens is 1. The van der Waals surface area contributed by atoms with Gasteiger partial charge in [-0.05, 0) is 29.9 Å². The molecule has 1 aliphatic carbocycles.